The molecule has 86 valence electrons. The van der Waals surface area contributed by atoms with E-state index in [2.05, 4.69) is 10.3 Å². The van der Waals surface area contributed by atoms with E-state index in [0.717, 1.165) is 0 Å². The molecule has 0 spiro atoms. The second kappa shape index (κ2) is 4.98. The van der Waals surface area contributed by atoms with Crippen molar-refractivity contribution in [3.05, 3.63) is 48.7 Å². The number of amides is 1. The molecule has 0 fully saturated rings. The zero-order valence-corrected chi connectivity index (χ0v) is 8.83. The van der Waals surface area contributed by atoms with Crippen molar-refractivity contribution in [2.45, 2.75) is 0 Å². The number of aromatic hydroxyl groups is 1. The minimum atomic E-state index is -0.704. The van der Waals surface area contributed by atoms with Gasteiger partial charge in [0.15, 0.2) is 11.6 Å². The van der Waals surface area contributed by atoms with Crippen LogP contribution in [0.4, 0.5) is 10.6 Å². The Morgan fingerprint density at radius 3 is 2.65 bits per heavy atom. The zero-order valence-electron chi connectivity index (χ0n) is 8.83. The zero-order chi connectivity index (χ0) is 12.1. The third-order valence-electron chi connectivity index (χ3n) is 1.96. The second-order valence-electron chi connectivity index (χ2n) is 3.20. The summed E-state index contributed by atoms with van der Waals surface area (Å²) in [6.45, 7) is 0. The lowest BCUT2D eigenvalue weighted by Gasteiger charge is -2.06. The van der Waals surface area contributed by atoms with Gasteiger partial charge < -0.3 is 9.84 Å². The number of hydrogen-bond donors (Lipinski definition) is 2. The van der Waals surface area contributed by atoms with E-state index in [-0.39, 0.29) is 11.6 Å². The van der Waals surface area contributed by atoms with E-state index in [1.54, 1.807) is 30.3 Å². The van der Waals surface area contributed by atoms with Gasteiger partial charge in [-0.3, -0.25) is 5.32 Å². The largest absolute Gasteiger partial charge is 0.504 e. The Morgan fingerprint density at radius 2 is 1.94 bits per heavy atom. The first kappa shape index (κ1) is 10.9. The van der Waals surface area contributed by atoms with Crippen LogP contribution in [0.15, 0.2) is 48.7 Å². The second-order valence-corrected chi connectivity index (χ2v) is 3.20. The van der Waals surface area contributed by atoms with Gasteiger partial charge in [0, 0.05) is 6.20 Å². The molecule has 5 heteroatoms. The summed E-state index contributed by atoms with van der Waals surface area (Å²) in [5.41, 5.74) is 0. The van der Waals surface area contributed by atoms with Gasteiger partial charge >= 0.3 is 6.09 Å². The lowest BCUT2D eigenvalue weighted by atomic mass is 10.3. The first-order valence-electron chi connectivity index (χ1n) is 4.93. The number of para-hydroxylation sites is 1. The third kappa shape index (κ3) is 2.94. The molecule has 0 aliphatic rings. The minimum absolute atomic E-state index is 0.0634. The quantitative estimate of drug-likeness (QED) is 0.830. The van der Waals surface area contributed by atoms with Gasteiger partial charge in [0.25, 0.3) is 0 Å². The summed E-state index contributed by atoms with van der Waals surface area (Å²) >= 11 is 0. The molecule has 0 saturated heterocycles. The van der Waals surface area contributed by atoms with Gasteiger partial charge in [0.1, 0.15) is 5.75 Å². The number of anilines is 1. The van der Waals surface area contributed by atoms with Crippen molar-refractivity contribution in [1.82, 2.24) is 4.98 Å². The van der Waals surface area contributed by atoms with Gasteiger partial charge in [-0.05, 0) is 24.3 Å². The Labute approximate surface area is 97.7 Å². The molecule has 0 aliphatic heterocycles. The SMILES string of the molecule is O=C(Nc1ncccc1O)Oc1ccccc1. The number of rotatable bonds is 2. The fourth-order valence-electron chi connectivity index (χ4n) is 1.21. The van der Waals surface area contributed by atoms with Crippen LogP contribution in [0.25, 0.3) is 0 Å². The van der Waals surface area contributed by atoms with Crippen LogP contribution in [-0.2, 0) is 0 Å². The average Bonchev–Trinajstić information content (AvgIpc) is 2.33. The van der Waals surface area contributed by atoms with E-state index in [4.69, 9.17) is 4.74 Å². The number of hydrogen-bond acceptors (Lipinski definition) is 4. The molecule has 2 rings (SSSR count). The summed E-state index contributed by atoms with van der Waals surface area (Å²) in [6.07, 6.45) is 0.753. The van der Waals surface area contributed by atoms with E-state index in [9.17, 15) is 9.90 Å². The van der Waals surface area contributed by atoms with E-state index >= 15 is 0 Å². The summed E-state index contributed by atoms with van der Waals surface area (Å²) in [5, 5.41) is 11.7. The van der Waals surface area contributed by atoms with Gasteiger partial charge in [0.05, 0.1) is 0 Å². The number of nitrogens with zero attached hydrogens (tertiary/aromatic N) is 1. The molecule has 2 aromatic rings. The third-order valence-corrected chi connectivity index (χ3v) is 1.96. The Kier molecular flexibility index (Phi) is 3.20. The lowest BCUT2D eigenvalue weighted by Crippen LogP contribution is -2.17. The summed E-state index contributed by atoms with van der Waals surface area (Å²) in [6, 6.07) is 11.6. The van der Waals surface area contributed by atoms with Crippen molar-refractivity contribution >= 4 is 11.9 Å². The molecule has 0 unspecified atom stereocenters. The smallest absolute Gasteiger partial charge is 0.418 e. The number of benzene rings is 1. The molecule has 1 heterocycles. The van der Waals surface area contributed by atoms with E-state index in [1.807, 2.05) is 6.07 Å². The summed E-state index contributed by atoms with van der Waals surface area (Å²) in [7, 11) is 0. The number of pyridine rings is 1. The van der Waals surface area contributed by atoms with Crippen LogP contribution >= 0.6 is 0 Å². The van der Waals surface area contributed by atoms with Crippen LogP contribution in [-0.4, -0.2) is 16.2 Å². The van der Waals surface area contributed by atoms with Crippen LogP contribution < -0.4 is 10.1 Å². The molecule has 1 amide bonds. The van der Waals surface area contributed by atoms with Crippen molar-refractivity contribution in [2.75, 3.05) is 5.32 Å². The Hall–Kier alpha value is -2.56. The highest BCUT2D eigenvalue weighted by atomic mass is 16.6. The van der Waals surface area contributed by atoms with Crippen molar-refractivity contribution in [3.63, 3.8) is 0 Å². The van der Waals surface area contributed by atoms with Crippen molar-refractivity contribution in [3.8, 4) is 11.5 Å². The number of nitrogens with one attached hydrogen (secondary N) is 1. The molecule has 0 atom stereocenters. The van der Waals surface area contributed by atoms with Crippen LogP contribution in [0.2, 0.25) is 0 Å². The fourth-order valence-corrected chi connectivity index (χ4v) is 1.21. The molecule has 0 radical (unpaired) electrons. The number of carbonyl (C=O) groups excluding carboxylic acids is 1. The fraction of sp³-hybridized carbons (Fsp3) is 0. The number of aromatic nitrogens is 1. The van der Waals surface area contributed by atoms with Crippen molar-refractivity contribution < 1.29 is 14.6 Å². The van der Waals surface area contributed by atoms with Crippen LogP contribution in [0, 0.1) is 0 Å². The highest BCUT2D eigenvalue weighted by Crippen LogP contribution is 2.18. The lowest BCUT2D eigenvalue weighted by molar-refractivity contribution is 0.215. The number of carbonyl (C=O) groups is 1. The Balaban J connectivity index is 2.01. The maximum absolute atomic E-state index is 11.4. The van der Waals surface area contributed by atoms with Gasteiger partial charge in [-0.1, -0.05) is 18.2 Å². The van der Waals surface area contributed by atoms with E-state index in [0.29, 0.717) is 5.75 Å². The molecule has 5 nitrogen and oxygen atoms in total. The predicted octanol–water partition coefficient (Wildman–Crippen LogP) is 2.40. The first-order chi connectivity index (χ1) is 8.25. The number of ether oxygens (including phenoxy) is 1. The normalized spacial score (nSPS) is 9.65. The molecular formula is C12H10N2O3. The van der Waals surface area contributed by atoms with Crippen LogP contribution in [0.1, 0.15) is 0 Å². The van der Waals surface area contributed by atoms with Crippen LogP contribution in [0.3, 0.4) is 0 Å². The summed E-state index contributed by atoms with van der Waals surface area (Å²) < 4.78 is 4.97. The van der Waals surface area contributed by atoms with E-state index < -0.39 is 6.09 Å². The Bertz CT molecular complexity index is 514. The van der Waals surface area contributed by atoms with Gasteiger partial charge in [-0.15, -0.1) is 0 Å². The molecule has 2 N–H and O–H groups in total. The molecule has 0 aliphatic carbocycles. The monoisotopic (exact) mass is 230 g/mol. The molecule has 17 heavy (non-hydrogen) atoms. The standard InChI is InChI=1S/C12H10N2O3/c15-10-7-4-8-13-11(10)14-12(16)17-9-5-2-1-3-6-9/h1-8,15H,(H,13,14,16). The highest BCUT2D eigenvalue weighted by molar-refractivity contribution is 5.86. The molecule has 1 aromatic carbocycles. The van der Waals surface area contributed by atoms with Crippen molar-refractivity contribution in [1.29, 1.82) is 0 Å². The van der Waals surface area contributed by atoms with E-state index in [1.165, 1.54) is 12.3 Å². The predicted molar refractivity (Wildman–Crippen MR) is 62.0 cm³/mol. The van der Waals surface area contributed by atoms with Gasteiger partial charge in [0.2, 0.25) is 0 Å². The first-order valence-corrected chi connectivity index (χ1v) is 4.93. The maximum Gasteiger partial charge on any atom is 0.418 e. The highest BCUT2D eigenvalue weighted by Gasteiger charge is 2.08. The van der Waals surface area contributed by atoms with Crippen molar-refractivity contribution in [2.24, 2.45) is 0 Å². The molecule has 0 saturated carbocycles. The molecule has 1 aromatic heterocycles. The van der Waals surface area contributed by atoms with Gasteiger partial charge in [-0.2, -0.15) is 0 Å². The Morgan fingerprint density at radius 1 is 1.18 bits per heavy atom. The molecular weight excluding hydrogens is 220 g/mol. The average molecular weight is 230 g/mol. The molecule has 0 bridgehead atoms. The topological polar surface area (TPSA) is 71.5 Å². The summed E-state index contributed by atoms with van der Waals surface area (Å²) in [4.78, 5) is 15.2. The maximum atomic E-state index is 11.4. The minimum Gasteiger partial charge on any atom is -0.504 e. The van der Waals surface area contributed by atoms with Gasteiger partial charge in [-0.25, -0.2) is 9.78 Å². The van der Waals surface area contributed by atoms with Crippen LogP contribution in [0.5, 0.6) is 11.5 Å². The summed E-state index contributed by atoms with van der Waals surface area (Å²) in [5.74, 6) is 0.367.